The summed E-state index contributed by atoms with van der Waals surface area (Å²) in [4.78, 5) is 66.2. The van der Waals surface area contributed by atoms with E-state index in [0.29, 0.717) is 18.7 Å². The molecule has 1 atom stereocenters. The standard InChI is InChI=1S/C35H29F3N6O5/c1-4-5-22-14-23(35(36,37)38)8-11-27(22)40-33(49)34(2,3)43-19-20(16-39-43)6-7-21-17-42(18-21)24-9-10-25-26(15-24)32(48)44(31(25)47)28-12-13-29(45)41-30(28)46/h8-11,14-16,19,21,28H,12-13,17-18H2,1-3H3,(H,40,49)(H,41,45,46). The lowest BCUT2D eigenvalue weighted by molar-refractivity contribution is -0.138. The average molecular weight is 671 g/mol. The van der Waals surface area contributed by atoms with Gasteiger partial charge in [-0.1, -0.05) is 17.8 Å². The molecule has 5 amide bonds. The molecule has 3 aromatic rings. The van der Waals surface area contributed by atoms with Crippen LogP contribution in [0.3, 0.4) is 0 Å². The largest absolute Gasteiger partial charge is 0.416 e. The predicted molar refractivity (Wildman–Crippen MR) is 170 cm³/mol. The van der Waals surface area contributed by atoms with Crippen molar-refractivity contribution in [1.82, 2.24) is 20.0 Å². The van der Waals surface area contributed by atoms with E-state index in [-0.39, 0.29) is 41.1 Å². The maximum absolute atomic E-state index is 13.3. The summed E-state index contributed by atoms with van der Waals surface area (Å²) in [5, 5.41) is 9.15. The summed E-state index contributed by atoms with van der Waals surface area (Å²) >= 11 is 0. The van der Waals surface area contributed by atoms with E-state index < -0.39 is 52.9 Å². The Balaban J connectivity index is 1.08. The van der Waals surface area contributed by atoms with E-state index in [0.717, 1.165) is 22.7 Å². The molecule has 49 heavy (non-hydrogen) atoms. The Bertz CT molecular complexity index is 2060. The summed E-state index contributed by atoms with van der Waals surface area (Å²) < 4.78 is 41.0. The van der Waals surface area contributed by atoms with Gasteiger partial charge in [-0.05, 0) is 63.6 Å². The number of nitrogens with zero attached hydrogens (tertiary/aromatic N) is 4. The molecular formula is C35H29F3N6O5. The number of alkyl halides is 3. The van der Waals surface area contributed by atoms with E-state index in [2.05, 4.69) is 39.4 Å². The fourth-order valence-corrected chi connectivity index (χ4v) is 5.76. The fraction of sp³-hybridized carbons (Fsp3) is 0.314. The highest BCUT2D eigenvalue weighted by molar-refractivity contribution is 6.23. The zero-order valence-corrected chi connectivity index (χ0v) is 26.6. The van der Waals surface area contributed by atoms with Gasteiger partial charge in [0, 0.05) is 37.0 Å². The van der Waals surface area contributed by atoms with E-state index in [1.807, 2.05) is 4.90 Å². The van der Waals surface area contributed by atoms with Gasteiger partial charge in [-0.2, -0.15) is 18.3 Å². The first-order valence-electron chi connectivity index (χ1n) is 15.3. The second-order valence-electron chi connectivity index (χ2n) is 12.4. The van der Waals surface area contributed by atoms with Gasteiger partial charge in [-0.25, -0.2) is 0 Å². The Labute approximate surface area is 278 Å². The number of halogens is 3. The van der Waals surface area contributed by atoms with Gasteiger partial charge in [0.15, 0.2) is 0 Å². The van der Waals surface area contributed by atoms with Crippen LogP contribution in [0.25, 0.3) is 0 Å². The third-order valence-electron chi connectivity index (χ3n) is 8.66. The molecule has 3 aliphatic rings. The number of amides is 5. The maximum Gasteiger partial charge on any atom is 0.416 e. The van der Waals surface area contributed by atoms with Crippen LogP contribution in [0, 0.1) is 29.6 Å². The predicted octanol–water partition coefficient (Wildman–Crippen LogP) is 3.54. The number of imide groups is 2. The molecule has 0 bridgehead atoms. The van der Waals surface area contributed by atoms with Crippen LogP contribution in [0.1, 0.15) is 71.0 Å². The van der Waals surface area contributed by atoms with Crippen molar-refractivity contribution < 1.29 is 37.1 Å². The van der Waals surface area contributed by atoms with Crippen LogP contribution in [0.15, 0.2) is 48.8 Å². The summed E-state index contributed by atoms with van der Waals surface area (Å²) in [6, 6.07) is 6.85. The molecule has 14 heteroatoms. The molecule has 250 valence electrons. The number of nitrogens with one attached hydrogen (secondary N) is 2. The van der Waals surface area contributed by atoms with Crippen molar-refractivity contribution in [2.24, 2.45) is 5.92 Å². The van der Waals surface area contributed by atoms with Gasteiger partial charge in [-0.3, -0.25) is 38.9 Å². The highest BCUT2D eigenvalue weighted by atomic mass is 19.4. The molecule has 0 aliphatic carbocycles. The number of aromatic nitrogens is 2. The number of hydrogen-bond acceptors (Lipinski definition) is 7. The molecule has 2 fully saturated rings. The highest BCUT2D eigenvalue weighted by Crippen LogP contribution is 2.34. The Morgan fingerprint density at radius 1 is 1.00 bits per heavy atom. The number of rotatable bonds is 5. The van der Waals surface area contributed by atoms with Crippen LogP contribution < -0.4 is 15.5 Å². The maximum atomic E-state index is 13.3. The molecule has 3 aliphatic heterocycles. The molecule has 6 rings (SSSR count). The van der Waals surface area contributed by atoms with E-state index in [9.17, 15) is 37.1 Å². The lowest BCUT2D eigenvalue weighted by Gasteiger charge is -2.38. The first-order valence-corrected chi connectivity index (χ1v) is 15.3. The van der Waals surface area contributed by atoms with E-state index in [1.54, 1.807) is 38.2 Å². The minimum absolute atomic E-state index is 0.0111. The lowest BCUT2D eigenvalue weighted by Crippen LogP contribution is -2.54. The van der Waals surface area contributed by atoms with Crippen LogP contribution in [0.5, 0.6) is 0 Å². The summed E-state index contributed by atoms with van der Waals surface area (Å²) in [5.41, 5.74) is -0.221. The second-order valence-corrected chi connectivity index (χ2v) is 12.4. The van der Waals surface area contributed by atoms with Gasteiger partial charge in [0.05, 0.1) is 40.1 Å². The van der Waals surface area contributed by atoms with Crippen LogP contribution in [0.2, 0.25) is 0 Å². The molecule has 0 radical (unpaired) electrons. The molecule has 4 heterocycles. The highest BCUT2D eigenvalue weighted by Gasteiger charge is 2.45. The van der Waals surface area contributed by atoms with E-state index in [4.69, 9.17) is 0 Å². The van der Waals surface area contributed by atoms with Crippen molar-refractivity contribution in [3.8, 4) is 23.7 Å². The van der Waals surface area contributed by atoms with Crippen molar-refractivity contribution in [3.05, 3.63) is 76.6 Å². The van der Waals surface area contributed by atoms with Crippen LogP contribution in [0.4, 0.5) is 24.5 Å². The third-order valence-corrected chi connectivity index (χ3v) is 8.66. The molecule has 2 N–H and O–H groups in total. The zero-order chi connectivity index (χ0) is 35.2. The number of hydrogen-bond donors (Lipinski definition) is 2. The number of fused-ring (bicyclic) bond motifs is 1. The summed E-state index contributed by atoms with van der Waals surface area (Å²) in [7, 11) is 0. The van der Waals surface area contributed by atoms with Crippen molar-refractivity contribution >= 4 is 40.9 Å². The molecule has 2 saturated heterocycles. The SMILES string of the molecule is CC#Cc1cc(C(F)(F)F)ccc1NC(=O)C(C)(C)n1cc(C#CC2CN(c3ccc4c(c3)C(=O)N(C3CCC(=O)NC3=O)C4=O)C2)cn1. The van der Waals surface area contributed by atoms with Gasteiger partial charge in [-0.15, -0.1) is 5.92 Å². The normalized spacial score (nSPS) is 17.8. The summed E-state index contributed by atoms with van der Waals surface area (Å²) in [6.07, 6.45) is -1.30. The fourth-order valence-electron chi connectivity index (χ4n) is 5.76. The zero-order valence-electron chi connectivity index (χ0n) is 26.6. The minimum atomic E-state index is -4.55. The van der Waals surface area contributed by atoms with Crippen LogP contribution >= 0.6 is 0 Å². The Morgan fingerprint density at radius 2 is 1.73 bits per heavy atom. The number of benzene rings is 2. The third kappa shape index (κ3) is 6.25. The molecule has 2 aromatic carbocycles. The quantitative estimate of drug-likeness (QED) is 0.314. The molecule has 0 saturated carbocycles. The number of carbonyl (C=O) groups excluding carboxylic acids is 5. The lowest BCUT2D eigenvalue weighted by atomic mass is 9.98. The van der Waals surface area contributed by atoms with Gasteiger partial charge >= 0.3 is 6.18 Å². The monoisotopic (exact) mass is 670 g/mol. The van der Waals surface area contributed by atoms with Crippen molar-refractivity contribution in [3.63, 3.8) is 0 Å². The molecule has 11 nitrogen and oxygen atoms in total. The van der Waals surface area contributed by atoms with Gasteiger partial charge in [0.1, 0.15) is 11.6 Å². The first kappa shape index (κ1) is 33.0. The smallest absolute Gasteiger partial charge is 0.369 e. The van der Waals surface area contributed by atoms with Gasteiger partial charge in [0.25, 0.3) is 17.7 Å². The van der Waals surface area contributed by atoms with Gasteiger partial charge in [0.2, 0.25) is 11.8 Å². The molecule has 1 aromatic heterocycles. The Hall–Kier alpha value is -5.89. The average Bonchev–Trinajstić information content (AvgIpc) is 3.60. The summed E-state index contributed by atoms with van der Waals surface area (Å²) in [6.45, 7) is 5.84. The molecule has 1 unspecified atom stereocenters. The topological polar surface area (TPSA) is 134 Å². The molecule has 0 spiro atoms. The number of piperidine rings is 1. The van der Waals surface area contributed by atoms with Crippen molar-refractivity contribution in [1.29, 1.82) is 0 Å². The minimum Gasteiger partial charge on any atom is -0.369 e. The van der Waals surface area contributed by atoms with Crippen molar-refractivity contribution in [2.45, 2.75) is 51.4 Å². The number of carbonyl (C=O) groups is 5. The van der Waals surface area contributed by atoms with E-state index in [1.165, 1.54) is 23.9 Å². The number of anilines is 2. The van der Waals surface area contributed by atoms with Crippen LogP contribution in [-0.2, 0) is 26.1 Å². The van der Waals surface area contributed by atoms with E-state index >= 15 is 0 Å². The Morgan fingerprint density at radius 3 is 2.43 bits per heavy atom. The summed E-state index contributed by atoms with van der Waals surface area (Å²) in [5.74, 6) is 8.66. The Kier molecular flexibility index (Phi) is 8.28. The molecular weight excluding hydrogens is 641 g/mol. The van der Waals surface area contributed by atoms with Crippen LogP contribution in [-0.4, -0.2) is 63.3 Å². The first-order chi connectivity index (χ1) is 23.2. The second kappa shape index (κ2) is 12.3. The van der Waals surface area contributed by atoms with Gasteiger partial charge < -0.3 is 10.2 Å². The van der Waals surface area contributed by atoms with Crippen molar-refractivity contribution in [2.75, 3.05) is 23.3 Å².